The van der Waals surface area contributed by atoms with Gasteiger partial charge in [-0.05, 0) is 23.7 Å². The molecule has 1 aromatic rings. The maximum atomic E-state index is 12.2. The summed E-state index contributed by atoms with van der Waals surface area (Å²) in [6.07, 6.45) is 0. The van der Waals surface area contributed by atoms with Gasteiger partial charge in [-0.3, -0.25) is 0 Å². The van der Waals surface area contributed by atoms with Crippen molar-refractivity contribution in [2.75, 3.05) is 13.7 Å². The molecule has 0 bridgehead atoms. The lowest BCUT2D eigenvalue weighted by Gasteiger charge is -2.38. The zero-order valence-electron chi connectivity index (χ0n) is 15.0. The van der Waals surface area contributed by atoms with Gasteiger partial charge in [0.25, 0.3) is 0 Å². The van der Waals surface area contributed by atoms with Crippen molar-refractivity contribution in [3.63, 3.8) is 0 Å². The maximum absolute atomic E-state index is 12.2. The molecule has 0 N–H and O–H groups in total. The number of benzene rings is 1. The van der Waals surface area contributed by atoms with E-state index in [1.54, 1.807) is 7.05 Å². The molecule has 1 aromatic carbocycles. The summed E-state index contributed by atoms with van der Waals surface area (Å²) >= 11 is 0. The van der Waals surface area contributed by atoms with Crippen LogP contribution in [0.3, 0.4) is 0 Å². The van der Waals surface area contributed by atoms with Crippen LogP contribution in [0.5, 0.6) is 0 Å². The van der Waals surface area contributed by atoms with Crippen molar-refractivity contribution >= 4 is 18.3 Å². The van der Waals surface area contributed by atoms with Gasteiger partial charge in [0.2, 0.25) is 10.0 Å². The molecule has 0 heterocycles. The topological polar surface area (TPSA) is 46.6 Å². The van der Waals surface area contributed by atoms with E-state index >= 15 is 0 Å². The molecule has 4 nitrogen and oxygen atoms in total. The largest absolute Gasteiger partial charge is 0.415 e. The molecule has 0 aliphatic heterocycles. The lowest BCUT2D eigenvalue weighted by molar-refractivity contribution is 0.207. The molecule has 1 atom stereocenters. The van der Waals surface area contributed by atoms with Gasteiger partial charge in [0, 0.05) is 12.5 Å². The van der Waals surface area contributed by atoms with Gasteiger partial charge >= 0.3 is 0 Å². The summed E-state index contributed by atoms with van der Waals surface area (Å²) in [6, 6.07) is 9.21. The lowest BCUT2D eigenvalue weighted by atomic mass is 10.1. The van der Waals surface area contributed by atoms with Gasteiger partial charge in [0.1, 0.15) is 0 Å². The fourth-order valence-electron chi connectivity index (χ4n) is 1.89. The molecule has 0 saturated carbocycles. The summed E-state index contributed by atoms with van der Waals surface area (Å²) in [5.41, 5.74) is 0.916. The molecule has 0 fully saturated rings. The predicted molar refractivity (Wildman–Crippen MR) is 99.2 cm³/mol. The van der Waals surface area contributed by atoms with Gasteiger partial charge in [0.05, 0.1) is 12.6 Å². The van der Waals surface area contributed by atoms with Crippen LogP contribution in [0.4, 0.5) is 0 Å². The predicted octanol–water partition coefficient (Wildman–Crippen LogP) is 4.15. The summed E-state index contributed by atoms with van der Waals surface area (Å²) in [7, 11) is -3.91. The average Bonchev–Trinajstić information content (AvgIpc) is 2.47. The highest BCUT2D eigenvalue weighted by Gasteiger charge is 2.38. The zero-order chi connectivity index (χ0) is 17.9. The van der Waals surface area contributed by atoms with E-state index in [0.29, 0.717) is 6.61 Å². The Hall–Kier alpha value is -0.953. The Kier molecular flexibility index (Phi) is 6.37. The number of sulfonamides is 1. The van der Waals surface area contributed by atoms with Gasteiger partial charge in [-0.25, -0.2) is 8.42 Å². The van der Waals surface area contributed by atoms with Crippen molar-refractivity contribution in [2.45, 2.75) is 44.9 Å². The Bertz CT molecular complexity index is 621. The van der Waals surface area contributed by atoms with Crippen LogP contribution in [-0.4, -0.2) is 34.7 Å². The minimum Gasteiger partial charge on any atom is -0.415 e. The molecule has 23 heavy (non-hydrogen) atoms. The second kappa shape index (κ2) is 7.30. The van der Waals surface area contributed by atoms with Crippen LogP contribution < -0.4 is 0 Å². The normalized spacial score (nSPS) is 14.7. The lowest BCUT2D eigenvalue weighted by Crippen LogP contribution is -2.43. The third-order valence-corrected chi connectivity index (χ3v) is 10.6. The second-order valence-electron chi connectivity index (χ2n) is 7.23. The molecule has 0 spiro atoms. The van der Waals surface area contributed by atoms with Crippen LogP contribution in [0.2, 0.25) is 18.1 Å². The molecule has 0 aliphatic rings. The molecule has 0 radical (unpaired) electrons. The molecular formula is C17H29NO3SSi. The van der Waals surface area contributed by atoms with Crippen LogP contribution in [0, 0.1) is 0 Å². The first-order chi connectivity index (χ1) is 10.4. The molecule has 1 unspecified atom stereocenters. The third-order valence-electron chi connectivity index (χ3n) is 4.64. The van der Waals surface area contributed by atoms with Crippen molar-refractivity contribution in [1.29, 1.82) is 0 Å². The van der Waals surface area contributed by atoms with Gasteiger partial charge in [-0.15, -0.1) is 0 Å². The molecule has 0 aliphatic carbocycles. The summed E-state index contributed by atoms with van der Waals surface area (Å²) in [4.78, 5) is 0. The molecule has 130 valence electrons. The monoisotopic (exact) mass is 355 g/mol. The number of rotatable bonds is 7. The van der Waals surface area contributed by atoms with E-state index in [1.807, 2.05) is 30.3 Å². The van der Waals surface area contributed by atoms with E-state index in [9.17, 15) is 8.42 Å². The fourth-order valence-corrected chi connectivity index (χ4v) is 3.66. The molecule has 1 rings (SSSR count). The van der Waals surface area contributed by atoms with Crippen LogP contribution in [0.1, 0.15) is 32.4 Å². The van der Waals surface area contributed by atoms with E-state index in [0.717, 1.165) is 11.0 Å². The smallest absolute Gasteiger partial charge is 0.236 e. The summed E-state index contributed by atoms with van der Waals surface area (Å²) in [6.45, 7) is 14.6. The highest BCUT2D eigenvalue weighted by Crippen LogP contribution is 2.37. The minimum atomic E-state index is -3.52. The van der Waals surface area contributed by atoms with Gasteiger partial charge in [-0.2, -0.15) is 4.31 Å². The SMILES string of the molecule is C=CS(=O)(=O)N(C)C(CO[Si](C)(C)C(C)(C)C)c1ccccc1. The summed E-state index contributed by atoms with van der Waals surface area (Å²) in [5, 5.41) is 1.05. The molecule has 0 aromatic heterocycles. The highest BCUT2D eigenvalue weighted by molar-refractivity contribution is 7.92. The number of nitrogens with zero attached hydrogens (tertiary/aromatic N) is 1. The first kappa shape index (κ1) is 20.1. The van der Waals surface area contributed by atoms with Crippen molar-refractivity contribution in [3.8, 4) is 0 Å². The Morgan fingerprint density at radius 1 is 1.26 bits per heavy atom. The van der Waals surface area contributed by atoms with Crippen LogP contribution in [0.15, 0.2) is 42.3 Å². The Morgan fingerprint density at radius 2 is 1.78 bits per heavy atom. The van der Waals surface area contributed by atoms with E-state index in [1.165, 1.54) is 4.31 Å². The number of hydrogen-bond donors (Lipinski definition) is 0. The van der Waals surface area contributed by atoms with Crippen molar-refractivity contribution in [2.24, 2.45) is 0 Å². The maximum Gasteiger partial charge on any atom is 0.236 e. The standard InChI is InChI=1S/C17H29NO3SSi/c1-8-22(19,20)18(5)16(15-12-10-9-11-13-15)14-21-23(6,7)17(2,3)4/h8-13,16H,1,14H2,2-7H3. The number of likely N-dealkylation sites (N-methyl/N-ethyl adjacent to an activating group) is 1. The zero-order valence-corrected chi connectivity index (χ0v) is 16.9. The molecular weight excluding hydrogens is 326 g/mol. The van der Waals surface area contributed by atoms with Crippen molar-refractivity contribution in [1.82, 2.24) is 4.31 Å². The molecule has 6 heteroatoms. The second-order valence-corrected chi connectivity index (χ2v) is 14.0. The van der Waals surface area contributed by atoms with Crippen molar-refractivity contribution < 1.29 is 12.8 Å². The van der Waals surface area contributed by atoms with Gasteiger partial charge in [-0.1, -0.05) is 57.7 Å². The Balaban J connectivity index is 3.10. The first-order valence-electron chi connectivity index (χ1n) is 7.72. The van der Waals surface area contributed by atoms with E-state index in [4.69, 9.17) is 4.43 Å². The van der Waals surface area contributed by atoms with Gasteiger partial charge < -0.3 is 4.43 Å². The van der Waals surface area contributed by atoms with Crippen LogP contribution in [-0.2, 0) is 14.4 Å². The first-order valence-corrected chi connectivity index (χ1v) is 12.1. The molecule has 0 amide bonds. The Morgan fingerprint density at radius 3 is 2.22 bits per heavy atom. The van der Waals surface area contributed by atoms with E-state index in [2.05, 4.69) is 40.4 Å². The quantitative estimate of drug-likeness (QED) is 0.690. The fraction of sp³-hybridized carbons (Fsp3) is 0.529. The average molecular weight is 356 g/mol. The summed E-state index contributed by atoms with van der Waals surface area (Å²) in [5.74, 6) is 0. The van der Waals surface area contributed by atoms with Gasteiger partial charge in [0.15, 0.2) is 8.32 Å². The van der Waals surface area contributed by atoms with Crippen LogP contribution >= 0.6 is 0 Å². The van der Waals surface area contributed by atoms with E-state index < -0.39 is 18.3 Å². The highest BCUT2D eigenvalue weighted by atomic mass is 32.2. The number of hydrogen-bond acceptors (Lipinski definition) is 3. The summed E-state index contributed by atoms with van der Waals surface area (Å²) < 4.78 is 32.0. The van der Waals surface area contributed by atoms with Crippen molar-refractivity contribution in [3.05, 3.63) is 47.9 Å². The molecule has 0 saturated heterocycles. The Labute approximate surface area is 142 Å². The van der Waals surface area contributed by atoms with Crippen LogP contribution in [0.25, 0.3) is 0 Å². The third kappa shape index (κ3) is 5.01. The minimum absolute atomic E-state index is 0.0735. The van der Waals surface area contributed by atoms with E-state index in [-0.39, 0.29) is 11.1 Å².